The Labute approximate surface area is 125 Å². The van der Waals surface area contributed by atoms with Crippen molar-refractivity contribution in [3.8, 4) is 0 Å². The van der Waals surface area contributed by atoms with E-state index in [-0.39, 0.29) is 24.8 Å². The molecule has 21 heavy (non-hydrogen) atoms. The van der Waals surface area contributed by atoms with Crippen LogP contribution in [0.5, 0.6) is 0 Å². The summed E-state index contributed by atoms with van der Waals surface area (Å²) in [6, 6.07) is 6.77. The average Bonchev–Trinajstić information content (AvgIpc) is 2.50. The summed E-state index contributed by atoms with van der Waals surface area (Å²) in [5.41, 5.74) is 1.66. The number of urea groups is 1. The van der Waals surface area contributed by atoms with Gasteiger partial charge < -0.3 is 25.2 Å². The molecule has 0 saturated carbocycles. The molecule has 0 aromatic heterocycles. The van der Waals surface area contributed by atoms with Crippen LogP contribution in [-0.2, 0) is 9.47 Å². The molecule has 6 nitrogen and oxygen atoms in total. The molecule has 0 fully saturated rings. The zero-order valence-corrected chi connectivity index (χ0v) is 12.8. The van der Waals surface area contributed by atoms with Crippen molar-refractivity contribution in [3.63, 3.8) is 0 Å². The lowest BCUT2D eigenvalue weighted by Crippen LogP contribution is -2.40. The summed E-state index contributed by atoms with van der Waals surface area (Å²) in [5, 5.41) is 14.6. The summed E-state index contributed by atoms with van der Waals surface area (Å²) in [6.07, 6.45) is 0.517. The Bertz CT molecular complexity index is 439. The van der Waals surface area contributed by atoms with Gasteiger partial charge in [-0.2, -0.15) is 0 Å². The molecule has 6 heteroatoms. The van der Waals surface area contributed by atoms with E-state index in [9.17, 15) is 9.90 Å². The summed E-state index contributed by atoms with van der Waals surface area (Å²) < 4.78 is 10.2. The molecule has 2 amide bonds. The molecule has 0 bridgehead atoms. The maximum atomic E-state index is 11.9. The van der Waals surface area contributed by atoms with E-state index in [2.05, 4.69) is 10.6 Å². The molecule has 2 atom stereocenters. The summed E-state index contributed by atoms with van der Waals surface area (Å²) in [6.45, 7) is 2.29. The van der Waals surface area contributed by atoms with Crippen LogP contribution in [0.2, 0.25) is 0 Å². The number of aliphatic hydroxyl groups excluding tert-OH is 1. The van der Waals surface area contributed by atoms with E-state index >= 15 is 0 Å². The highest BCUT2D eigenvalue weighted by Crippen LogP contribution is 2.19. The number of carbonyl (C=O) groups is 1. The van der Waals surface area contributed by atoms with Crippen molar-refractivity contribution >= 4 is 11.7 Å². The Morgan fingerprint density at radius 2 is 2.14 bits per heavy atom. The van der Waals surface area contributed by atoms with Crippen LogP contribution in [0.3, 0.4) is 0 Å². The van der Waals surface area contributed by atoms with Crippen LogP contribution in [0.4, 0.5) is 10.5 Å². The van der Waals surface area contributed by atoms with Gasteiger partial charge in [0.05, 0.1) is 18.8 Å². The molecule has 1 aromatic carbocycles. The van der Waals surface area contributed by atoms with Gasteiger partial charge in [-0.1, -0.05) is 12.1 Å². The predicted octanol–water partition coefficient (Wildman–Crippen LogP) is 1.91. The van der Waals surface area contributed by atoms with Crippen molar-refractivity contribution in [2.45, 2.75) is 25.5 Å². The highest BCUT2D eigenvalue weighted by Gasteiger charge is 2.12. The number of ether oxygens (including phenoxy) is 2. The van der Waals surface area contributed by atoms with Gasteiger partial charge in [0.2, 0.25) is 0 Å². The normalized spacial score (nSPS) is 13.5. The minimum Gasteiger partial charge on any atom is -0.394 e. The molecule has 1 aromatic rings. The second-order valence-electron chi connectivity index (χ2n) is 4.76. The van der Waals surface area contributed by atoms with Gasteiger partial charge >= 0.3 is 6.03 Å². The van der Waals surface area contributed by atoms with Crippen molar-refractivity contribution < 1.29 is 19.4 Å². The van der Waals surface area contributed by atoms with Crippen LogP contribution in [0, 0.1) is 0 Å². The number of aliphatic hydroxyl groups is 1. The van der Waals surface area contributed by atoms with Crippen LogP contribution < -0.4 is 10.6 Å². The van der Waals surface area contributed by atoms with Gasteiger partial charge in [0, 0.05) is 26.5 Å². The lowest BCUT2D eigenvalue weighted by atomic mass is 10.1. The van der Waals surface area contributed by atoms with Gasteiger partial charge in [-0.25, -0.2) is 4.79 Å². The topological polar surface area (TPSA) is 79.8 Å². The molecule has 0 radical (unpaired) electrons. The number of nitrogens with one attached hydrogen (secondary N) is 2. The molecule has 0 spiro atoms. The van der Waals surface area contributed by atoms with Gasteiger partial charge in [0.15, 0.2) is 0 Å². The van der Waals surface area contributed by atoms with Crippen molar-refractivity contribution in [2.75, 3.05) is 32.8 Å². The van der Waals surface area contributed by atoms with Gasteiger partial charge in [-0.05, 0) is 31.0 Å². The molecule has 0 heterocycles. The van der Waals surface area contributed by atoms with E-state index in [1.165, 1.54) is 0 Å². The largest absolute Gasteiger partial charge is 0.394 e. The molecule has 0 aliphatic carbocycles. The first-order chi connectivity index (χ1) is 10.1. The van der Waals surface area contributed by atoms with Gasteiger partial charge in [0.25, 0.3) is 0 Å². The number of rotatable bonds is 8. The first-order valence-electron chi connectivity index (χ1n) is 6.90. The van der Waals surface area contributed by atoms with E-state index in [1.807, 2.05) is 25.1 Å². The first kappa shape index (κ1) is 17.4. The molecule has 3 N–H and O–H groups in total. The quantitative estimate of drug-likeness (QED) is 0.684. The minimum atomic E-state index is -0.354. The Morgan fingerprint density at radius 1 is 1.38 bits per heavy atom. The second-order valence-corrected chi connectivity index (χ2v) is 4.76. The summed E-state index contributed by atoms with van der Waals surface area (Å²) >= 11 is 0. The van der Waals surface area contributed by atoms with Crippen LogP contribution in [0.15, 0.2) is 24.3 Å². The maximum absolute atomic E-state index is 11.9. The lowest BCUT2D eigenvalue weighted by molar-refractivity contribution is 0.119. The van der Waals surface area contributed by atoms with Crippen molar-refractivity contribution in [2.24, 2.45) is 0 Å². The molecular weight excluding hydrogens is 272 g/mol. The Kier molecular flexibility index (Phi) is 7.74. The third-order valence-electron chi connectivity index (χ3n) is 3.19. The highest BCUT2D eigenvalue weighted by atomic mass is 16.5. The highest BCUT2D eigenvalue weighted by molar-refractivity contribution is 5.89. The Balaban J connectivity index is 2.57. The second kappa shape index (κ2) is 9.33. The monoisotopic (exact) mass is 296 g/mol. The van der Waals surface area contributed by atoms with E-state index in [4.69, 9.17) is 9.47 Å². The van der Waals surface area contributed by atoms with E-state index in [1.54, 1.807) is 20.3 Å². The fraction of sp³-hybridized carbons (Fsp3) is 0.533. The average molecular weight is 296 g/mol. The first-order valence-corrected chi connectivity index (χ1v) is 6.90. The third-order valence-corrected chi connectivity index (χ3v) is 3.19. The molecule has 118 valence electrons. The number of hydrogen-bond donors (Lipinski definition) is 3. The predicted molar refractivity (Wildman–Crippen MR) is 81.4 cm³/mol. The molecular formula is C15H24N2O4. The maximum Gasteiger partial charge on any atom is 0.319 e. The van der Waals surface area contributed by atoms with Gasteiger partial charge in [-0.3, -0.25) is 0 Å². The molecule has 1 rings (SSSR count). The summed E-state index contributed by atoms with van der Waals surface area (Å²) in [5.74, 6) is 0. The Hall–Kier alpha value is -1.63. The fourth-order valence-corrected chi connectivity index (χ4v) is 1.83. The standard InChI is InChI=1S/C15H24N2O4/c1-11(21-3)12-5-4-6-13(9-12)16-15(19)17-14(10-18)7-8-20-2/h4-6,9,11,14,18H,7-8,10H2,1-3H3,(H2,16,17,19)/t11-,14-/m1/s1. The lowest BCUT2D eigenvalue weighted by Gasteiger charge is -2.17. The minimum absolute atomic E-state index is 0.0401. The van der Waals surface area contributed by atoms with E-state index in [0.29, 0.717) is 18.7 Å². The zero-order valence-electron chi connectivity index (χ0n) is 12.8. The number of benzene rings is 1. The van der Waals surface area contributed by atoms with Crippen molar-refractivity contribution in [1.82, 2.24) is 5.32 Å². The third kappa shape index (κ3) is 6.12. The van der Waals surface area contributed by atoms with Crippen LogP contribution in [-0.4, -0.2) is 44.6 Å². The zero-order chi connectivity index (χ0) is 15.7. The number of carbonyl (C=O) groups excluding carboxylic acids is 1. The summed E-state index contributed by atoms with van der Waals surface area (Å²) in [7, 11) is 3.22. The number of methoxy groups -OCH3 is 2. The van der Waals surface area contributed by atoms with Crippen LogP contribution in [0.1, 0.15) is 25.0 Å². The molecule has 0 unspecified atom stereocenters. The smallest absolute Gasteiger partial charge is 0.319 e. The van der Waals surface area contributed by atoms with Crippen molar-refractivity contribution in [3.05, 3.63) is 29.8 Å². The van der Waals surface area contributed by atoms with Crippen LogP contribution >= 0.6 is 0 Å². The van der Waals surface area contributed by atoms with Crippen LogP contribution in [0.25, 0.3) is 0 Å². The molecule has 0 saturated heterocycles. The van der Waals surface area contributed by atoms with Gasteiger partial charge in [0.1, 0.15) is 0 Å². The fourth-order valence-electron chi connectivity index (χ4n) is 1.83. The summed E-state index contributed by atoms with van der Waals surface area (Å²) in [4.78, 5) is 11.9. The number of hydrogen-bond acceptors (Lipinski definition) is 4. The van der Waals surface area contributed by atoms with Gasteiger partial charge in [-0.15, -0.1) is 0 Å². The van der Waals surface area contributed by atoms with E-state index < -0.39 is 0 Å². The Morgan fingerprint density at radius 3 is 2.76 bits per heavy atom. The van der Waals surface area contributed by atoms with E-state index in [0.717, 1.165) is 5.56 Å². The molecule has 0 aliphatic heterocycles. The van der Waals surface area contributed by atoms with Crippen molar-refractivity contribution in [1.29, 1.82) is 0 Å². The molecule has 0 aliphatic rings. The SMILES string of the molecule is COCC[C@H](CO)NC(=O)Nc1cccc([C@@H](C)OC)c1. The number of anilines is 1. The number of amides is 2.